The minimum Gasteiger partial charge on any atom is -0.478 e. The first-order valence-electron chi connectivity index (χ1n) is 11.1. The summed E-state index contributed by atoms with van der Waals surface area (Å²) < 4.78 is 10.6. The Labute approximate surface area is 202 Å². The molecule has 0 saturated heterocycles. The molecular formula is C27H26N2O6. The number of nitrogens with one attached hydrogen (secondary N) is 2. The zero-order chi connectivity index (χ0) is 24.9. The molecule has 8 nitrogen and oxygen atoms in total. The maximum atomic E-state index is 12.9. The summed E-state index contributed by atoms with van der Waals surface area (Å²) in [5, 5.41) is 14.4. The number of anilines is 1. The summed E-state index contributed by atoms with van der Waals surface area (Å²) in [6.45, 7) is 1.76. The molecule has 180 valence electrons. The predicted octanol–water partition coefficient (Wildman–Crippen LogP) is 4.19. The standard InChI is InChI=1S/C27H26N2O6/c1-16-11-12-17(26(31)32)13-23(16)28-25(30)24(15-34-2)29-27(33)35-14-22-20-9-5-3-7-18(20)19-8-4-6-10-21(19)22/h3-13,22,24H,14-15H2,1-2H3,(H,28,30)(H,29,33)(H,31,32)/t24-/m0/s1. The van der Waals surface area contributed by atoms with Crippen molar-refractivity contribution in [1.82, 2.24) is 5.32 Å². The normalized spacial score (nSPS) is 12.9. The summed E-state index contributed by atoms with van der Waals surface area (Å²) in [6.07, 6.45) is -0.750. The van der Waals surface area contributed by atoms with Crippen LogP contribution in [0, 0.1) is 6.92 Å². The Morgan fingerprint density at radius 2 is 1.60 bits per heavy atom. The van der Waals surface area contributed by atoms with Gasteiger partial charge in [-0.2, -0.15) is 0 Å². The van der Waals surface area contributed by atoms with E-state index < -0.39 is 24.0 Å². The second-order valence-electron chi connectivity index (χ2n) is 8.30. The molecule has 0 aliphatic heterocycles. The molecule has 0 radical (unpaired) electrons. The molecule has 1 aliphatic carbocycles. The van der Waals surface area contributed by atoms with Gasteiger partial charge in [-0.05, 0) is 46.9 Å². The summed E-state index contributed by atoms with van der Waals surface area (Å²) in [7, 11) is 1.41. The number of carboxylic acid groups (broad SMARTS) is 1. The number of carboxylic acids is 1. The average Bonchev–Trinajstić information content (AvgIpc) is 3.17. The van der Waals surface area contributed by atoms with Gasteiger partial charge in [0.1, 0.15) is 12.6 Å². The van der Waals surface area contributed by atoms with E-state index in [9.17, 15) is 19.5 Å². The number of carbonyl (C=O) groups is 3. The van der Waals surface area contributed by atoms with E-state index in [1.165, 1.54) is 19.2 Å². The summed E-state index contributed by atoms with van der Waals surface area (Å²) in [6, 6.07) is 19.4. The molecule has 3 aromatic rings. The van der Waals surface area contributed by atoms with E-state index in [1.807, 2.05) is 36.4 Å². The third-order valence-electron chi connectivity index (χ3n) is 6.03. The van der Waals surface area contributed by atoms with E-state index in [-0.39, 0.29) is 24.7 Å². The van der Waals surface area contributed by atoms with E-state index in [1.54, 1.807) is 13.0 Å². The van der Waals surface area contributed by atoms with Gasteiger partial charge in [-0.3, -0.25) is 4.79 Å². The molecule has 3 aromatic carbocycles. The van der Waals surface area contributed by atoms with Crippen molar-refractivity contribution in [1.29, 1.82) is 0 Å². The van der Waals surface area contributed by atoms with Crippen molar-refractivity contribution in [2.45, 2.75) is 18.9 Å². The Morgan fingerprint density at radius 1 is 0.971 bits per heavy atom. The van der Waals surface area contributed by atoms with Crippen LogP contribution in [0.25, 0.3) is 11.1 Å². The third-order valence-corrected chi connectivity index (χ3v) is 6.03. The van der Waals surface area contributed by atoms with Crippen molar-refractivity contribution in [2.75, 3.05) is 25.6 Å². The number of methoxy groups -OCH3 is 1. The molecule has 35 heavy (non-hydrogen) atoms. The highest BCUT2D eigenvalue weighted by molar-refractivity contribution is 5.98. The molecule has 0 bridgehead atoms. The molecular weight excluding hydrogens is 448 g/mol. The fourth-order valence-electron chi connectivity index (χ4n) is 4.24. The predicted molar refractivity (Wildman–Crippen MR) is 131 cm³/mol. The van der Waals surface area contributed by atoms with Crippen LogP contribution in [-0.4, -0.2) is 49.4 Å². The zero-order valence-corrected chi connectivity index (χ0v) is 19.4. The van der Waals surface area contributed by atoms with Crippen LogP contribution in [0.15, 0.2) is 66.7 Å². The van der Waals surface area contributed by atoms with Gasteiger partial charge in [-0.1, -0.05) is 54.6 Å². The van der Waals surface area contributed by atoms with Crippen LogP contribution in [0.1, 0.15) is 33.0 Å². The largest absolute Gasteiger partial charge is 0.478 e. The van der Waals surface area contributed by atoms with E-state index >= 15 is 0 Å². The summed E-state index contributed by atoms with van der Waals surface area (Å²) in [5.41, 5.74) is 5.47. The molecule has 4 rings (SSSR count). The van der Waals surface area contributed by atoms with Gasteiger partial charge in [-0.15, -0.1) is 0 Å². The van der Waals surface area contributed by atoms with Crippen molar-refractivity contribution in [2.24, 2.45) is 0 Å². The van der Waals surface area contributed by atoms with Gasteiger partial charge in [0.05, 0.1) is 12.2 Å². The van der Waals surface area contributed by atoms with Crippen molar-refractivity contribution < 1.29 is 29.0 Å². The number of fused-ring (bicyclic) bond motifs is 3. The Kier molecular flexibility index (Phi) is 7.12. The Hall–Kier alpha value is -4.17. The highest BCUT2D eigenvalue weighted by Gasteiger charge is 2.30. The fraction of sp³-hybridized carbons (Fsp3) is 0.222. The number of alkyl carbamates (subject to hydrolysis) is 1. The smallest absolute Gasteiger partial charge is 0.407 e. The van der Waals surface area contributed by atoms with Crippen molar-refractivity contribution in [3.63, 3.8) is 0 Å². The lowest BCUT2D eigenvalue weighted by Gasteiger charge is -2.20. The number of carbonyl (C=O) groups excluding carboxylic acids is 2. The monoisotopic (exact) mass is 474 g/mol. The molecule has 0 unspecified atom stereocenters. The first-order valence-corrected chi connectivity index (χ1v) is 11.1. The van der Waals surface area contributed by atoms with Crippen LogP contribution in [0.3, 0.4) is 0 Å². The molecule has 0 aromatic heterocycles. The van der Waals surface area contributed by atoms with Crippen molar-refractivity contribution in [3.8, 4) is 11.1 Å². The third kappa shape index (κ3) is 5.17. The van der Waals surface area contributed by atoms with Crippen LogP contribution in [0.2, 0.25) is 0 Å². The lowest BCUT2D eigenvalue weighted by molar-refractivity contribution is -0.119. The molecule has 0 heterocycles. The van der Waals surface area contributed by atoms with E-state index in [4.69, 9.17) is 9.47 Å². The molecule has 0 saturated carbocycles. The number of amides is 2. The van der Waals surface area contributed by atoms with Gasteiger partial charge >= 0.3 is 12.1 Å². The van der Waals surface area contributed by atoms with Gasteiger partial charge < -0.3 is 25.2 Å². The lowest BCUT2D eigenvalue weighted by atomic mass is 9.98. The molecule has 1 atom stereocenters. The number of aromatic carboxylic acids is 1. The minimum atomic E-state index is -1.11. The number of rotatable bonds is 8. The van der Waals surface area contributed by atoms with E-state index in [0.29, 0.717) is 11.3 Å². The quantitative estimate of drug-likeness (QED) is 0.451. The van der Waals surface area contributed by atoms with Gasteiger partial charge in [0.15, 0.2) is 0 Å². The van der Waals surface area contributed by atoms with Crippen LogP contribution in [0.4, 0.5) is 10.5 Å². The Bertz CT molecular complexity index is 1230. The molecule has 1 aliphatic rings. The first kappa shape index (κ1) is 24.0. The SMILES string of the molecule is COC[C@H](NC(=O)OCC1c2ccccc2-c2ccccc21)C(=O)Nc1cc(C(=O)O)ccc1C. The van der Waals surface area contributed by atoms with Crippen molar-refractivity contribution >= 4 is 23.7 Å². The van der Waals surface area contributed by atoms with Crippen LogP contribution >= 0.6 is 0 Å². The second kappa shape index (κ2) is 10.4. The number of hydrogen-bond donors (Lipinski definition) is 3. The highest BCUT2D eigenvalue weighted by atomic mass is 16.5. The summed E-state index contributed by atoms with van der Waals surface area (Å²) in [4.78, 5) is 36.7. The van der Waals surface area contributed by atoms with Gasteiger partial charge in [-0.25, -0.2) is 9.59 Å². The van der Waals surface area contributed by atoms with Crippen molar-refractivity contribution in [3.05, 3.63) is 89.0 Å². The zero-order valence-electron chi connectivity index (χ0n) is 19.4. The summed E-state index contributed by atoms with van der Waals surface area (Å²) >= 11 is 0. The fourth-order valence-corrected chi connectivity index (χ4v) is 4.24. The maximum absolute atomic E-state index is 12.9. The molecule has 3 N–H and O–H groups in total. The van der Waals surface area contributed by atoms with Crippen LogP contribution < -0.4 is 10.6 Å². The number of ether oxygens (including phenoxy) is 2. The number of benzene rings is 3. The van der Waals surface area contributed by atoms with E-state index in [0.717, 1.165) is 22.3 Å². The van der Waals surface area contributed by atoms with Crippen LogP contribution in [-0.2, 0) is 14.3 Å². The van der Waals surface area contributed by atoms with Crippen LogP contribution in [0.5, 0.6) is 0 Å². The number of aryl methyl sites for hydroxylation is 1. The Balaban J connectivity index is 1.42. The topological polar surface area (TPSA) is 114 Å². The van der Waals surface area contributed by atoms with Gasteiger partial charge in [0.2, 0.25) is 5.91 Å². The lowest BCUT2D eigenvalue weighted by Crippen LogP contribution is -2.47. The average molecular weight is 475 g/mol. The second-order valence-corrected chi connectivity index (χ2v) is 8.30. The molecule has 0 spiro atoms. The molecule has 0 fully saturated rings. The highest BCUT2D eigenvalue weighted by Crippen LogP contribution is 2.44. The first-order chi connectivity index (χ1) is 16.9. The van der Waals surface area contributed by atoms with Gasteiger partial charge in [0, 0.05) is 18.7 Å². The molecule has 2 amide bonds. The Morgan fingerprint density at radius 3 is 2.20 bits per heavy atom. The molecule has 8 heteroatoms. The maximum Gasteiger partial charge on any atom is 0.407 e. The minimum absolute atomic E-state index is 0.0405. The van der Waals surface area contributed by atoms with E-state index in [2.05, 4.69) is 22.8 Å². The number of hydrogen-bond acceptors (Lipinski definition) is 5. The summed E-state index contributed by atoms with van der Waals surface area (Å²) in [5.74, 6) is -1.76. The van der Waals surface area contributed by atoms with Gasteiger partial charge in [0.25, 0.3) is 0 Å².